The molecule has 1 saturated carbocycles. The van der Waals surface area contributed by atoms with Gasteiger partial charge in [-0.25, -0.2) is 9.97 Å². The van der Waals surface area contributed by atoms with Crippen molar-refractivity contribution >= 4 is 28.9 Å². The highest BCUT2D eigenvalue weighted by molar-refractivity contribution is 6.00. The van der Waals surface area contributed by atoms with E-state index in [1.807, 2.05) is 0 Å². The van der Waals surface area contributed by atoms with Gasteiger partial charge in [-0.1, -0.05) is 6.07 Å². The molecule has 11 nitrogen and oxygen atoms in total. The first-order valence-electron chi connectivity index (χ1n) is 11.0. The molecule has 1 aliphatic rings. The standard InChI is InChI=1S/C23H23FN8O3/c1-25-18-12-16(27-14-6-5-11-31(23(14)34)17-7-3-4-10-26-17)29-21-19(20(24)30-32(18)21)22(33)28-13-8-9-15(13)35-2/h3-7,10-13,15,25H,8-9H2,1-2H3,(H,27,29)(H,28,33)/t13-,15-/m1/s1. The second kappa shape index (κ2) is 9.14. The summed E-state index contributed by atoms with van der Waals surface area (Å²) in [6.07, 6.45) is 4.65. The van der Waals surface area contributed by atoms with Gasteiger partial charge in [-0.3, -0.25) is 14.2 Å². The van der Waals surface area contributed by atoms with Crippen LogP contribution in [0, 0.1) is 5.95 Å². The number of carbonyl (C=O) groups excluding carboxylic acids is 1. The van der Waals surface area contributed by atoms with E-state index in [1.54, 1.807) is 62.9 Å². The molecule has 0 aromatic carbocycles. The van der Waals surface area contributed by atoms with E-state index in [4.69, 9.17) is 4.74 Å². The summed E-state index contributed by atoms with van der Waals surface area (Å²) in [5, 5.41) is 12.5. The number of hydrogen-bond donors (Lipinski definition) is 3. The summed E-state index contributed by atoms with van der Waals surface area (Å²) in [6.45, 7) is 0. The molecule has 35 heavy (non-hydrogen) atoms. The second-order valence-corrected chi connectivity index (χ2v) is 8.02. The number of fused-ring (bicyclic) bond motifs is 1. The van der Waals surface area contributed by atoms with E-state index in [0.29, 0.717) is 11.6 Å². The molecular formula is C23H23FN8O3. The maximum Gasteiger partial charge on any atom is 0.279 e. The van der Waals surface area contributed by atoms with Gasteiger partial charge in [-0.2, -0.15) is 8.91 Å². The molecule has 0 aliphatic heterocycles. The largest absolute Gasteiger partial charge is 0.379 e. The second-order valence-electron chi connectivity index (χ2n) is 8.02. The van der Waals surface area contributed by atoms with Gasteiger partial charge in [0.15, 0.2) is 5.65 Å². The highest BCUT2D eigenvalue weighted by Gasteiger charge is 2.34. The predicted octanol–water partition coefficient (Wildman–Crippen LogP) is 2.11. The average Bonchev–Trinajstić information content (AvgIpc) is 3.19. The lowest BCUT2D eigenvalue weighted by Crippen LogP contribution is -2.51. The van der Waals surface area contributed by atoms with E-state index in [-0.39, 0.29) is 40.4 Å². The molecule has 1 fully saturated rings. The minimum Gasteiger partial charge on any atom is -0.379 e. The molecule has 0 radical (unpaired) electrons. The zero-order chi connectivity index (χ0) is 24.5. The molecule has 12 heteroatoms. The van der Waals surface area contributed by atoms with E-state index in [2.05, 4.69) is 31.0 Å². The number of amides is 1. The van der Waals surface area contributed by atoms with E-state index in [1.165, 1.54) is 9.08 Å². The third kappa shape index (κ3) is 4.08. The van der Waals surface area contributed by atoms with Crippen LogP contribution >= 0.6 is 0 Å². The lowest BCUT2D eigenvalue weighted by molar-refractivity contribution is 0.00725. The monoisotopic (exact) mass is 478 g/mol. The molecule has 3 N–H and O–H groups in total. The van der Waals surface area contributed by atoms with Gasteiger partial charge >= 0.3 is 0 Å². The molecule has 1 amide bonds. The maximum atomic E-state index is 14.8. The molecule has 5 rings (SSSR count). The lowest BCUT2D eigenvalue weighted by Gasteiger charge is -2.35. The minimum absolute atomic E-state index is 0.00335. The Hall–Kier alpha value is -4.32. The molecule has 2 atom stereocenters. The van der Waals surface area contributed by atoms with Crippen molar-refractivity contribution in [2.45, 2.75) is 25.0 Å². The Bertz CT molecular complexity index is 1450. The highest BCUT2D eigenvalue weighted by Crippen LogP contribution is 2.26. The van der Waals surface area contributed by atoms with Crippen molar-refractivity contribution < 1.29 is 13.9 Å². The molecule has 0 saturated heterocycles. The Morgan fingerprint density at radius 1 is 1.23 bits per heavy atom. The number of aromatic nitrogens is 5. The number of rotatable bonds is 7. The molecule has 4 aromatic rings. The summed E-state index contributed by atoms with van der Waals surface area (Å²) in [7, 11) is 3.20. The summed E-state index contributed by atoms with van der Waals surface area (Å²) in [5.74, 6) is -0.523. The first kappa shape index (κ1) is 22.5. The summed E-state index contributed by atoms with van der Waals surface area (Å²) in [6, 6.07) is 9.89. The van der Waals surface area contributed by atoms with E-state index in [0.717, 1.165) is 12.8 Å². The van der Waals surface area contributed by atoms with Crippen molar-refractivity contribution in [3.8, 4) is 5.82 Å². The van der Waals surface area contributed by atoms with Crippen LogP contribution < -0.4 is 21.5 Å². The summed E-state index contributed by atoms with van der Waals surface area (Å²) in [5.41, 5.74) is -0.415. The Kier molecular flexibility index (Phi) is 5.87. The highest BCUT2D eigenvalue weighted by atomic mass is 19.1. The molecule has 0 bridgehead atoms. The first-order chi connectivity index (χ1) is 17.0. The Labute approximate surface area is 199 Å². The summed E-state index contributed by atoms with van der Waals surface area (Å²) < 4.78 is 22.7. The van der Waals surface area contributed by atoms with Crippen LogP contribution in [0.4, 0.5) is 21.7 Å². The fraction of sp³-hybridized carbons (Fsp3) is 0.261. The number of ether oxygens (including phenoxy) is 1. The van der Waals surface area contributed by atoms with Gasteiger partial charge in [0.05, 0.1) is 12.1 Å². The quantitative estimate of drug-likeness (QED) is 0.369. The van der Waals surface area contributed by atoms with Crippen LogP contribution in [0.5, 0.6) is 0 Å². The van der Waals surface area contributed by atoms with Crippen molar-refractivity contribution in [2.75, 3.05) is 24.8 Å². The van der Waals surface area contributed by atoms with Crippen molar-refractivity contribution in [1.29, 1.82) is 0 Å². The molecular weight excluding hydrogens is 455 g/mol. The van der Waals surface area contributed by atoms with E-state index < -0.39 is 11.9 Å². The van der Waals surface area contributed by atoms with Gasteiger partial charge in [0.2, 0.25) is 5.95 Å². The van der Waals surface area contributed by atoms with Crippen molar-refractivity contribution in [3.05, 3.63) is 70.7 Å². The number of anilines is 3. The van der Waals surface area contributed by atoms with E-state index in [9.17, 15) is 14.0 Å². The molecule has 180 valence electrons. The lowest BCUT2D eigenvalue weighted by atomic mass is 9.89. The van der Waals surface area contributed by atoms with Crippen LogP contribution in [0.25, 0.3) is 11.5 Å². The third-order valence-electron chi connectivity index (χ3n) is 5.97. The third-order valence-corrected chi connectivity index (χ3v) is 5.97. The first-order valence-corrected chi connectivity index (χ1v) is 11.0. The van der Waals surface area contributed by atoms with Crippen molar-refractivity contribution in [2.24, 2.45) is 0 Å². The van der Waals surface area contributed by atoms with Gasteiger partial charge in [0, 0.05) is 32.6 Å². The fourth-order valence-corrected chi connectivity index (χ4v) is 3.99. The normalized spacial score (nSPS) is 17.1. The average molecular weight is 478 g/mol. The van der Waals surface area contributed by atoms with Gasteiger partial charge < -0.3 is 20.7 Å². The fourth-order valence-electron chi connectivity index (χ4n) is 3.99. The minimum atomic E-state index is -0.950. The zero-order valence-electron chi connectivity index (χ0n) is 19.0. The number of hydrogen-bond acceptors (Lipinski definition) is 8. The van der Waals surface area contributed by atoms with Gasteiger partial charge in [-0.15, -0.1) is 5.10 Å². The molecule has 0 spiro atoms. The molecule has 4 aromatic heterocycles. The SMILES string of the molecule is CNc1cc(Nc2cccn(-c3ccccn3)c2=O)nc2c(C(=O)N[C@@H]3CC[C@H]3OC)c(F)nn12. The molecule has 0 unspecified atom stereocenters. The van der Waals surface area contributed by atoms with Gasteiger partial charge in [0.25, 0.3) is 11.5 Å². The summed E-state index contributed by atoms with van der Waals surface area (Å²) >= 11 is 0. The Morgan fingerprint density at radius 2 is 2.09 bits per heavy atom. The predicted molar refractivity (Wildman–Crippen MR) is 127 cm³/mol. The van der Waals surface area contributed by atoms with Crippen LogP contribution in [0.2, 0.25) is 0 Å². The van der Waals surface area contributed by atoms with E-state index >= 15 is 0 Å². The number of nitrogens with zero attached hydrogens (tertiary/aromatic N) is 5. The topological polar surface area (TPSA) is 127 Å². The molecule has 1 aliphatic carbocycles. The smallest absolute Gasteiger partial charge is 0.279 e. The number of carbonyl (C=O) groups is 1. The van der Waals surface area contributed by atoms with Crippen LogP contribution in [-0.4, -0.2) is 56.4 Å². The maximum absolute atomic E-state index is 14.8. The van der Waals surface area contributed by atoms with Crippen LogP contribution in [0.15, 0.2) is 53.6 Å². The molecule has 4 heterocycles. The number of methoxy groups -OCH3 is 1. The van der Waals surface area contributed by atoms with Gasteiger partial charge in [-0.05, 0) is 37.1 Å². The summed E-state index contributed by atoms with van der Waals surface area (Å²) in [4.78, 5) is 34.6. The van der Waals surface area contributed by atoms with Crippen LogP contribution in [-0.2, 0) is 4.74 Å². The van der Waals surface area contributed by atoms with Crippen LogP contribution in [0.3, 0.4) is 0 Å². The van der Waals surface area contributed by atoms with Crippen molar-refractivity contribution in [1.82, 2.24) is 29.5 Å². The number of pyridine rings is 2. The zero-order valence-corrected chi connectivity index (χ0v) is 19.0. The number of halogens is 1. The number of nitrogens with one attached hydrogen (secondary N) is 3. The van der Waals surface area contributed by atoms with Crippen LogP contribution in [0.1, 0.15) is 23.2 Å². The Morgan fingerprint density at radius 3 is 2.77 bits per heavy atom. The van der Waals surface area contributed by atoms with Crippen molar-refractivity contribution in [3.63, 3.8) is 0 Å². The van der Waals surface area contributed by atoms with Gasteiger partial charge in [0.1, 0.15) is 28.7 Å². The Balaban J connectivity index is 1.52.